The Labute approximate surface area is 55.2 Å². The van der Waals surface area contributed by atoms with E-state index in [1.165, 1.54) is 0 Å². The molecule has 0 spiro atoms. The topological polar surface area (TPSA) is 29.1 Å². The van der Waals surface area contributed by atoms with Gasteiger partial charge >= 0.3 is 0 Å². The summed E-state index contributed by atoms with van der Waals surface area (Å²) in [6.07, 6.45) is 0. The number of rotatable bonds is 2. The minimum absolute atomic E-state index is 0.0689. The molecule has 3 heteroatoms. The van der Waals surface area contributed by atoms with E-state index >= 15 is 0 Å². The number of nitrogens with one attached hydrogen (secondary N) is 1. The zero-order chi connectivity index (χ0) is 6.53. The average Bonchev–Trinajstić information content (AvgIpc) is 1.91. The summed E-state index contributed by atoms with van der Waals surface area (Å²) >= 11 is 0. The van der Waals surface area contributed by atoms with Gasteiger partial charge in [0.15, 0.2) is 0 Å². The standard InChI is InChI=1S/C6H5NOP/c8-9-7-6-4-2-1-3-5-6/h2-5H,(H,7,8). The predicted octanol–water partition coefficient (Wildman–Crippen LogP) is 2.11. The summed E-state index contributed by atoms with van der Waals surface area (Å²) in [4.78, 5) is 0. The van der Waals surface area contributed by atoms with Crippen LogP contribution in [0.25, 0.3) is 0 Å². The first kappa shape index (κ1) is 6.24. The van der Waals surface area contributed by atoms with Crippen molar-refractivity contribution < 1.29 is 4.57 Å². The molecule has 9 heavy (non-hydrogen) atoms. The van der Waals surface area contributed by atoms with Crippen LogP contribution in [-0.4, -0.2) is 0 Å². The molecule has 0 aliphatic carbocycles. The second-order valence-corrected chi connectivity index (χ2v) is 1.90. The minimum atomic E-state index is -0.0689. The van der Waals surface area contributed by atoms with Crippen molar-refractivity contribution in [3.63, 3.8) is 0 Å². The highest BCUT2D eigenvalue weighted by atomic mass is 31.1. The van der Waals surface area contributed by atoms with Gasteiger partial charge in [-0.05, 0) is 18.2 Å². The second kappa shape index (κ2) is 3.21. The highest BCUT2D eigenvalue weighted by Crippen LogP contribution is 2.07. The maximum atomic E-state index is 9.95. The molecule has 0 aliphatic heterocycles. The lowest BCUT2D eigenvalue weighted by Crippen LogP contribution is -1.76. The fourth-order valence-corrected chi connectivity index (χ4v) is 0.769. The van der Waals surface area contributed by atoms with Crippen molar-refractivity contribution in [2.24, 2.45) is 0 Å². The normalized spacial score (nSPS) is 9.33. The first-order valence-electron chi connectivity index (χ1n) is 2.48. The number of hydrogen-bond donors (Lipinski definition) is 1. The quantitative estimate of drug-likeness (QED) is 0.634. The first-order valence-corrected chi connectivity index (χ1v) is 3.29. The van der Waals surface area contributed by atoms with Gasteiger partial charge in [-0.3, -0.25) is 0 Å². The molecular formula is C6H5NOP. The smallest absolute Gasteiger partial charge is 0.279 e. The lowest BCUT2D eigenvalue weighted by molar-refractivity contribution is 0.601. The van der Waals surface area contributed by atoms with Crippen LogP contribution in [0.1, 0.15) is 0 Å². The zero-order valence-corrected chi connectivity index (χ0v) is 5.56. The maximum absolute atomic E-state index is 9.95. The van der Waals surface area contributed by atoms with Gasteiger partial charge in [-0.25, -0.2) is 4.57 Å². The van der Waals surface area contributed by atoms with E-state index in [2.05, 4.69) is 11.2 Å². The second-order valence-electron chi connectivity index (χ2n) is 1.49. The van der Waals surface area contributed by atoms with Crippen LogP contribution in [0, 0.1) is 6.07 Å². The first-order chi connectivity index (χ1) is 4.43. The van der Waals surface area contributed by atoms with Gasteiger partial charge < -0.3 is 5.09 Å². The fraction of sp³-hybridized carbons (Fsp3) is 0. The summed E-state index contributed by atoms with van der Waals surface area (Å²) in [7, 11) is -0.0689. The molecule has 0 aliphatic rings. The van der Waals surface area contributed by atoms with Crippen molar-refractivity contribution in [2.75, 3.05) is 5.09 Å². The van der Waals surface area contributed by atoms with E-state index in [0.29, 0.717) is 0 Å². The molecule has 45 valence electrons. The summed E-state index contributed by atoms with van der Waals surface area (Å²) in [6.45, 7) is 0. The van der Waals surface area contributed by atoms with Crippen LogP contribution >= 0.6 is 8.61 Å². The molecule has 0 unspecified atom stereocenters. The minimum Gasteiger partial charge on any atom is -0.305 e. The van der Waals surface area contributed by atoms with E-state index < -0.39 is 0 Å². The van der Waals surface area contributed by atoms with E-state index in [1.807, 2.05) is 0 Å². The molecule has 1 rings (SSSR count). The van der Waals surface area contributed by atoms with Crippen molar-refractivity contribution in [3.8, 4) is 0 Å². The number of benzene rings is 1. The Hall–Kier alpha value is -0.880. The molecule has 1 N–H and O–H groups in total. The predicted molar refractivity (Wildman–Crippen MR) is 36.5 cm³/mol. The van der Waals surface area contributed by atoms with Crippen LogP contribution in [0.3, 0.4) is 0 Å². The molecule has 0 saturated heterocycles. The fourth-order valence-electron chi connectivity index (χ4n) is 0.514. The third kappa shape index (κ3) is 1.82. The van der Waals surface area contributed by atoms with Gasteiger partial charge in [0.05, 0.1) is 0 Å². The van der Waals surface area contributed by atoms with Crippen LogP contribution in [0.5, 0.6) is 0 Å². The molecule has 0 saturated carbocycles. The van der Waals surface area contributed by atoms with Gasteiger partial charge in [-0.2, -0.15) is 0 Å². The van der Waals surface area contributed by atoms with Crippen LogP contribution in [0.15, 0.2) is 24.3 Å². The van der Waals surface area contributed by atoms with E-state index in [-0.39, 0.29) is 8.61 Å². The van der Waals surface area contributed by atoms with E-state index in [9.17, 15) is 4.57 Å². The van der Waals surface area contributed by atoms with Crippen molar-refractivity contribution in [1.29, 1.82) is 0 Å². The molecule has 0 bridgehead atoms. The van der Waals surface area contributed by atoms with Crippen molar-refractivity contribution >= 4 is 14.3 Å². The molecule has 0 amide bonds. The number of hydrogen-bond acceptors (Lipinski definition) is 1. The molecule has 0 fully saturated rings. The van der Waals surface area contributed by atoms with Crippen LogP contribution < -0.4 is 5.09 Å². The Balaban J connectivity index is 2.72. The van der Waals surface area contributed by atoms with Crippen molar-refractivity contribution in [1.82, 2.24) is 0 Å². The monoisotopic (exact) mass is 138 g/mol. The summed E-state index contributed by atoms with van der Waals surface area (Å²) < 4.78 is 9.95. The van der Waals surface area contributed by atoms with Gasteiger partial charge in [0.1, 0.15) is 0 Å². The summed E-state index contributed by atoms with van der Waals surface area (Å²) in [5.41, 5.74) is 0.838. The highest BCUT2D eigenvalue weighted by Gasteiger charge is 1.83. The molecule has 1 radical (unpaired) electrons. The molecule has 1 aromatic carbocycles. The van der Waals surface area contributed by atoms with E-state index in [4.69, 9.17) is 0 Å². The third-order valence-electron chi connectivity index (χ3n) is 0.893. The van der Waals surface area contributed by atoms with Gasteiger partial charge in [-0.15, -0.1) is 0 Å². The lowest BCUT2D eigenvalue weighted by Gasteiger charge is -1.91. The van der Waals surface area contributed by atoms with Crippen LogP contribution in [0.2, 0.25) is 0 Å². The Morgan fingerprint density at radius 2 is 2.11 bits per heavy atom. The average molecular weight is 138 g/mol. The Morgan fingerprint density at radius 1 is 1.44 bits per heavy atom. The summed E-state index contributed by atoms with van der Waals surface area (Å²) in [5.74, 6) is 0. The van der Waals surface area contributed by atoms with Crippen LogP contribution in [-0.2, 0) is 4.57 Å². The molecule has 0 atom stereocenters. The molecule has 0 aromatic heterocycles. The van der Waals surface area contributed by atoms with E-state index in [1.54, 1.807) is 24.3 Å². The van der Waals surface area contributed by atoms with Crippen LogP contribution in [0.4, 0.5) is 5.69 Å². The maximum Gasteiger partial charge on any atom is 0.279 e. The molecule has 0 heterocycles. The van der Waals surface area contributed by atoms with E-state index in [0.717, 1.165) is 5.69 Å². The third-order valence-corrected chi connectivity index (χ3v) is 1.24. The van der Waals surface area contributed by atoms with Crippen molar-refractivity contribution in [3.05, 3.63) is 30.3 Å². The Morgan fingerprint density at radius 3 is 2.67 bits per heavy atom. The van der Waals surface area contributed by atoms with Gasteiger partial charge in [0.2, 0.25) is 0 Å². The highest BCUT2D eigenvalue weighted by molar-refractivity contribution is 7.25. The van der Waals surface area contributed by atoms with Gasteiger partial charge in [-0.1, -0.05) is 12.1 Å². The largest absolute Gasteiger partial charge is 0.305 e. The molecule has 2 nitrogen and oxygen atoms in total. The summed E-state index contributed by atoms with van der Waals surface area (Å²) in [5, 5.41) is 2.60. The lowest BCUT2D eigenvalue weighted by atomic mass is 10.3. The Kier molecular flexibility index (Phi) is 2.22. The SMILES string of the molecule is O=PNc1cc[c]cc1. The number of anilines is 1. The van der Waals surface area contributed by atoms with Gasteiger partial charge in [0.25, 0.3) is 8.61 Å². The summed E-state index contributed by atoms with van der Waals surface area (Å²) in [6, 6.07) is 9.95. The Bertz CT molecular complexity index is 188. The molecule has 1 aromatic rings. The van der Waals surface area contributed by atoms with Gasteiger partial charge in [0, 0.05) is 5.69 Å². The zero-order valence-electron chi connectivity index (χ0n) is 4.66. The van der Waals surface area contributed by atoms with Crippen molar-refractivity contribution in [2.45, 2.75) is 0 Å². The molecular weight excluding hydrogens is 133 g/mol.